The summed E-state index contributed by atoms with van der Waals surface area (Å²) in [5.41, 5.74) is 1.01. The minimum absolute atomic E-state index is 0.179. The zero-order chi connectivity index (χ0) is 18.5. The minimum Gasteiger partial charge on any atom is -0.354 e. The Morgan fingerprint density at radius 2 is 2.08 bits per heavy atom. The largest absolute Gasteiger partial charge is 0.354 e. The quantitative estimate of drug-likeness (QED) is 0.629. The van der Waals surface area contributed by atoms with Crippen LogP contribution in [0.4, 0.5) is 0 Å². The highest BCUT2D eigenvalue weighted by atomic mass is 32.1. The van der Waals surface area contributed by atoms with Gasteiger partial charge in [0.1, 0.15) is 6.04 Å². The van der Waals surface area contributed by atoms with Gasteiger partial charge in [-0.2, -0.15) is 0 Å². The maximum absolute atomic E-state index is 12.1. The molecule has 0 radical (unpaired) electrons. The second kappa shape index (κ2) is 8.57. The van der Waals surface area contributed by atoms with Crippen molar-refractivity contribution in [2.24, 2.45) is 0 Å². The van der Waals surface area contributed by atoms with Crippen LogP contribution in [-0.2, 0) is 11.2 Å². The molecule has 0 fully saturated rings. The first kappa shape index (κ1) is 18.8. The van der Waals surface area contributed by atoms with Crippen LogP contribution in [0.1, 0.15) is 26.5 Å². The van der Waals surface area contributed by atoms with Gasteiger partial charge in [0, 0.05) is 16.8 Å². The molecule has 8 heteroatoms. The summed E-state index contributed by atoms with van der Waals surface area (Å²) in [6.45, 7) is 4.22. The SMILES string of the molecule is Cc1nc(-c2ccc(CCNC(=O)C(C)NC(=O)c3cccs3)s2)cs1. The van der Waals surface area contributed by atoms with Crippen molar-refractivity contribution in [3.05, 3.63) is 49.8 Å². The highest BCUT2D eigenvalue weighted by Crippen LogP contribution is 2.29. The first-order chi connectivity index (χ1) is 12.5. The standard InChI is InChI=1S/C18H19N3O2S3/c1-11(20-18(23)16-4-3-9-24-16)17(22)19-8-7-13-5-6-15(26-13)14-10-25-12(2)21-14/h3-6,9-11H,7-8H2,1-2H3,(H,19,22)(H,20,23). The van der Waals surface area contributed by atoms with Gasteiger partial charge in [-0.3, -0.25) is 9.59 Å². The second-order valence-corrected chi connectivity index (χ2v) is 8.91. The van der Waals surface area contributed by atoms with Gasteiger partial charge >= 0.3 is 0 Å². The molecule has 3 aromatic heterocycles. The minimum atomic E-state index is -0.568. The number of thiophene rings is 2. The van der Waals surface area contributed by atoms with Crippen molar-refractivity contribution < 1.29 is 9.59 Å². The molecule has 0 saturated carbocycles. The Labute approximate surface area is 164 Å². The predicted octanol–water partition coefficient (Wildman–Crippen LogP) is 3.72. The molecule has 3 heterocycles. The summed E-state index contributed by atoms with van der Waals surface area (Å²) in [5.74, 6) is -0.397. The summed E-state index contributed by atoms with van der Waals surface area (Å²) < 4.78 is 0. The number of carbonyl (C=O) groups excluding carboxylic acids is 2. The Morgan fingerprint density at radius 1 is 1.23 bits per heavy atom. The lowest BCUT2D eigenvalue weighted by atomic mass is 10.2. The molecule has 0 spiro atoms. The van der Waals surface area contributed by atoms with Crippen LogP contribution in [0.5, 0.6) is 0 Å². The highest BCUT2D eigenvalue weighted by Gasteiger charge is 2.16. The number of thiazole rings is 1. The van der Waals surface area contributed by atoms with E-state index in [2.05, 4.69) is 33.1 Å². The molecule has 2 N–H and O–H groups in total. The smallest absolute Gasteiger partial charge is 0.261 e. The Bertz CT molecular complexity index is 883. The van der Waals surface area contributed by atoms with Crippen LogP contribution >= 0.6 is 34.0 Å². The molecule has 2 amide bonds. The molecule has 0 aliphatic heterocycles. The predicted molar refractivity (Wildman–Crippen MR) is 108 cm³/mol. The summed E-state index contributed by atoms with van der Waals surface area (Å²) in [5, 5.41) is 10.5. The number of aryl methyl sites for hydroxylation is 1. The molecule has 0 saturated heterocycles. The number of hydrogen-bond acceptors (Lipinski definition) is 6. The Hall–Kier alpha value is -2.03. The molecule has 136 valence electrons. The van der Waals surface area contributed by atoms with Crippen LogP contribution in [0.2, 0.25) is 0 Å². The van der Waals surface area contributed by atoms with E-state index in [1.165, 1.54) is 16.2 Å². The summed E-state index contributed by atoms with van der Waals surface area (Å²) in [7, 11) is 0. The van der Waals surface area contributed by atoms with Gasteiger partial charge in [0.25, 0.3) is 5.91 Å². The maximum Gasteiger partial charge on any atom is 0.261 e. The molecule has 1 unspecified atom stereocenters. The van der Waals surface area contributed by atoms with Gasteiger partial charge in [-0.1, -0.05) is 6.07 Å². The number of rotatable bonds is 7. The monoisotopic (exact) mass is 405 g/mol. The van der Waals surface area contributed by atoms with Gasteiger partial charge in [0.05, 0.1) is 20.5 Å². The molecular formula is C18H19N3O2S3. The van der Waals surface area contributed by atoms with Gasteiger partial charge in [0.15, 0.2) is 0 Å². The van der Waals surface area contributed by atoms with E-state index in [1.807, 2.05) is 18.4 Å². The van der Waals surface area contributed by atoms with E-state index in [-0.39, 0.29) is 11.8 Å². The zero-order valence-corrected chi connectivity index (χ0v) is 16.9. The number of amides is 2. The average Bonchev–Trinajstić information content (AvgIpc) is 3.35. The van der Waals surface area contributed by atoms with E-state index in [0.717, 1.165) is 22.0 Å². The third kappa shape index (κ3) is 4.78. The van der Waals surface area contributed by atoms with Gasteiger partial charge < -0.3 is 10.6 Å². The van der Waals surface area contributed by atoms with Crippen molar-refractivity contribution in [2.45, 2.75) is 26.3 Å². The molecule has 1 atom stereocenters. The molecular weight excluding hydrogens is 386 g/mol. The Balaban J connectivity index is 1.45. The number of nitrogens with zero attached hydrogens (tertiary/aromatic N) is 1. The molecule has 0 aliphatic rings. The molecule has 26 heavy (non-hydrogen) atoms. The lowest BCUT2D eigenvalue weighted by Crippen LogP contribution is -2.45. The number of nitrogens with one attached hydrogen (secondary N) is 2. The average molecular weight is 406 g/mol. The molecule has 3 aromatic rings. The normalized spacial score (nSPS) is 11.9. The van der Waals surface area contributed by atoms with E-state index in [4.69, 9.17) is 0 Å². The fourth-order valence-electron chi connectivity index (χ4n) is 2.33. The molecule has 0 aromatic carbocycles. The molecule has 0 bridgehead atoms. The lowest BCUT2D eigenvalue weighted by molar-refractivity contribution is -0.122. The first-order valence-electron chi connectivity index (χ1n) is 8.16. The van der Waals surface area contributed by atoms with E-state index in [0.29, 0.717) is 11.4 Å². The number of aromatic nitrogens is 1. The van der Waals surface area contributed by atoms with Gasteiger partial charge in [-0.25, -0.2) is 4.98 Å². The van der Waals surface area contributed by atoms with Gasteiger partial charge in [0.2, 0.25) is 5.91 Å². The van der Waals surface area contributed by atoms with Crippen LogP contribution in [0, 0.1) is 6.92 Å². The van der Waals surface area contributed by atoms with Crippen molar-refractivity contribution in [1.29, 1.82) is 0 Å². The third-order valence-electron chi connectivity index (χ3n) is 3.69. The van der Waals surface area contributed by atoms with Crippen molar-refractivity contribution >= 4 is 45.8 Å². The highest BCUT2D eigenvalue weighted by molar-refractivity contribution is 7.16. The lowest BCUT2D eigenvalue weighted by Gasteiger charge is -2.13. The van der Waals surface area contributed by atoms with Crippen molar-refractivity contribution in [3.63, 3.8) is 0 Å². The topological polar surface area (TPSA) is 71.1 Å². The number of carbonyl (C=O) groups is 2. The van der Waals surface area contributed by atoms with Crippen LogP contribution in [0.25, 0.3) is 10.6 Å². The van der Waals surface area contributed by atoms with Gasteiger partial charge in [-0.15, -0.1) is 34.0 Å². The fourth-order valence-corrected chi connectivity index (χ4v) is 4.61. The maximum atomic E-state index is 12.1. The van der Waals surface area contributed by atoms with Crippen molar-refractivity contribution in [1.82, 2.24) is 15.6 Å². The van der Waals surface area contributed by atoms with E-state index >= 15 is 0 Å². The van der Waals surface area contributed by atoms with Crippen LogP contribution in [0.15, 0.2) is 35.0 Å². The molecule has 0 aliphatic carbocycles. The van der Waals surface area contributed by atoms with Crippen molar-refractivity contribution in [3.8, 4) is 10.6 Å². The fraction of sp³-hybridized carbons (Fsp3) is 0.278. The van der Waals surface area contributed by atoms with E-state index < -0.39 is 6.04 Å². The zero-order valence-electron chi connectivity index (χ0n) is 14.4. The number of hydrogen-bond donors (Lipinski definition) is 2. The third-order valence-corrected chi connectivity index (χ3v) is 6.50. The summed E-state index contributed by atoms with van der Waals surface area (Å²) in [4.78, 5) is 31.6. The Morgan fingerprint density at radius 3 is 2.77 bits per heavy atom. The van der Waals surface area contributed by atoms with E-state index in [9.17, 15) is 9.59 Å². The first-order valence-corrected chi connectivity index (χ1v) is 10.7. The van der Waals surface area contributed by atoms with Crippen LogP contribution in [-0.4, -0.2) is 29.4 Å². The molecule has 3 rings (SSSR count). The molecule has 5 nitrogen and oxygen atoms in total. The second-order valence-electron chi connectivity index (χ2n) is 5.73. The summed E-state index contributed by atoms with van der Waals surface area (Å²) >= 11 is 4.69. The van der Waals surface area contributed by atoms with Crippen LogP contribution in [0.3, 0.4) is 0 Å². The Kier molecular flexibility index (Phi) is 6.18. The van der Waals surface area contributed by atoms with E-state index in [1.54, 1.807) is 35.7 Å². The summed E-state index contributed by atoms with van der Waals surface area (Å²) in [6.07, 6.45) is 0.755. The van der Waals surface area contributed by atoms with Gasteiger partial charge in [-0.05, 0) is 43.8 Å². The van der Waals surface area contributed by atoms with Crippen LogP contribution < -0.4 is 10.6 Å². The summed E-state index contributed by atoms with van der Waals surface area (Å²) in [6, 6.07) is 7.12. The van der Waals surface area contributed by atoms with Crippen molar-refractivity contribution in [2.75, 3.05) is 6.54 Å².